The Morgan fingerprint density at radius 3 is 2.53 bits per heavy atom. The first-order chi connectivity index (χ1) is 14.7. The topological polar surface area (TPSA) is 54.0 Å². The maximum Gasteiger partial charge on any atom is 0.257 e. The van der Waals surface area contributed by atoms with Crippen LogP contribution in [0.15, 0.2) is 54.6 Å². The highest BCUT2D eigenvalue weighted by atomic mass is 32.1. The number of ether oxygens (including phenoxy) is 2. The molecule has 1 heterocycles. The minimum Gasteiger partial charge on any atom is -0.491 e. The van der Waals surface area contributed by atoms with E-state index in [2.05, 4.69) is 39.4 Å². The highest BCUT2D eigenvalue weighted by Crippen LogP contribution is 2.14. The van der Waals surface area contributed by atoms with E-state index in [4.69, 9.17) is 21.7 Å². The summed E-state index contributed by atoms with van der Waals surface area (Å²) in [5, 5.41) is 3.33. The number of nitrogens with zero attached hydrogens (tertiary/aromatic N) is 2. The standard InChI is InChI=1S/C23H29N3O3S/c1-2-28-15-16-29-21-10-6-9-20(17-21)22(27)24-23(30)26-13-11-25(12-14-26)18-19-7-4-3-5-8-19/h3-10,17H,2,11-16,18H2,1H3,(H,24,27,30). The van der Waals surface area contributed by atoms with Crippen molar-refractivity contribution in [2.45, 2.75) is 13.5 Å². The number of benzene rings is 2. The zero-order valence-corrected chi connectivity index (χ0v) is 18.2. The summed E-state index contributed by atoms with van der Waals surface area (Å²) < 4.78 is 10.9. The molecule has 7 heteroatoms. The van der Waals surface area contributed by atoms with E-state index >= 15 is 0 Å². The van der Waals surface area contributed by atoms with Gasteiger partial charge in [0.05, 0.1) is 6.61 Å². The Morgan fingerprint density at radius 1 is 1.03 bits per heavy atom. The molecule has 0 bridgehead atoms. The molecule has 0 saturated carbocycles. The molecule has 2 aromatic carbocycles. The minimum absolute atomic E-state index is 0.220. The molecular weight excluding hydrogens is 398 g/mol. The van der Waals surface area contributed by atoms with Gasteiger partial charge in [-0.1, -0.05) is 36.4 Å². The Labute approximate surface area is 183 Å². The average molecular weight is 428 g/mol. The number of piperazine rings is 1. The van der Waals surface area contributed by atoms with Crippen molar-refractivity contribution < 1.29 is 14.3 Å². The minimum atomic E-state index is -0.220. The molecule has 30 heavy (non-hydrogen) atoms. The van der Waals surface area contributed by atoms with E-state index in [1.54, 1.807) is 18.2 Å². The lowest BCUT2D eigenvalue weighted by Gasteiger charge is -2.36. The number of carbonyl (C=O) groups is 1. The Kier molecular flexibility index (Phi) is 8.62. The SMILES string of the molecule is CCOCCOc1cccc(C(=O)NC(=S)N2CCN(Cc3ccccc3)CC2)c1. The third-order valence-electron chi connectivity index (χ3n) is 4.93. The summed E-state index contributed by atoms with van der Waals surface area (Å²) in [4.78, 5) is 17.1. The summed E-state index contributed by atoms with van der Waals surface area (Å²) >= 11 is 5.48. The van der Waals surface area contributed by atoms with Crippen LogP contribution in [0.3, 0.4) is 0 Å². The third-order valence-corrected chi connectivity index (χ3v) is 5.29. The first-order valence-electron chi connectivity index (χ1n) is 10.3. The second-order valence-electron chi connectivity index (χ2n) is 7.08. The van der Waals surface area contributed by atoms with Crippen LogP contribution in [-0.4, -0.2) is 66.8 Å². The lowest BCUT2D eigenvalue weighted by atomic mass is 10.2. The van der Waals surface area contributed by atoms with Crippen molar-refractivity contribution in [2.24, 2.45) is 0 Å². The fourth-order valence-corrected chi connectivity index (χ4v) is 3.56. The zero-order chi connectivity index (χ0) is 21.2. The number of hydrogen-bond acceptors (Lipinski definition) is 5. The van der Waals surface area contributed by atoms with E-state index in [1.807, 2.05) is 19.1 Å². The van der Waals surface area contributed by atoms with Crippen molar-refractivity contribution >= 4 is 23.2 Å². The van der Waals surface area contributed by atoms with Gasteiger partial charge in [0.1, 0.15) is 12.4 Å². The summed E-state index contributed by atoms with van der Waals surface area (Å²) in [6, 6.07) is 17.6. The molecule has 160 valence electrons. The molecule has 0 spiro atoms. The van der Waals surface area contributed by atoms with Gasteiger partial charge in [0, 0.05) is 44.9 Å². The van der Waals surface area contributed by atoms with E-state index in [0.29, 0.717) is 36.2 Å². The van der Waals surface area contributed by atoms with E-state index in [1.165, 1.54) is 5.56 Å². The van der Waals surface area contributed by atoms with Crippen LogP contribution in [0.2, 0.25) is 0 Å². The van der Waals surface area contributed by atoms with E-state index in [0.717, 1.165) is 32.7 Å². The molecule has 0 unspecified atom stereocenters. The van der Waals surface area contributed by atoms with Crippen LogP contribution in [0, 0.1) is 0 Å². The van der Waals surface area contributed by atoms with Gasteiger partial charge in [-0.2, -0.15) is 0 Å². The van der Waals surface area contributed by atoms with Crippen molar-refractivity contribution in [3.8, 4) is 5.75 Å². The summed E-state index contributed by atoms with van der Waals surface area (Å²) in [7, 11) is 0. The first-order valence-corrected chi connectivity index (χ1v) is 10.7. The van der Waals surface area contributed by atoms with Crippen LogP contribution in [0.4, 0.5) is 0 Å². The van der Waals surface area contributed by atoms with Gasteiger partial charge in [-0.15, -0.1) is 0 Å². The number of amides is 1. The Balaban J connectivity index is 1.45. The van der Waals surface area contributed by atoms with Gasteiger partial charge < -0.3 is 14.4 Å². The largest absolute Gasteiger partial charge is 0.491 e. The summed E-state index contributed by atoms with van der Waals surface area (Å²) in [5.74, 6) is 0.421. The summed E-state index contributed by atoms with van der Waals surface area (Å²) in [5.41, 5.74) is 1.83. The number of thiocarbonyl (C=S) groups is 1. The van der Waals surface area contributed by atoms with Crippen LogP contribution in [0.5, 0.6) is 5.75 Å². The predicted octanol–water partition coefficient (Wildman–Crippen LogP) is 2.93. The Morgan fingerprint density at radius 2 is 1.80 bits per heavy atom. The molecule has 3 rings (SSSR count). The highest BCUT2D eigenvalue weighted by molar-refractivity contribution is 7.80. The van der Waals surface area contributed by atoms with Gasteiger partial charge in [0.25, 0.3) is 5.91 Å². The zero-order valence-electron chi connectivity index (χ0n) is 17.4. The monoisotopic (exact) mass is 427 g/mol. The van der Waals surface area contributed by atoms with Gasteiger partial charge in [0.2, 0.25) is 0 Å². The molecule has 0 radical (unpaired) electrons. The van der Waals surface area contributed by atoms with Crippen LogP contribution in [0.25, 0.3) is 0 Å². The molecule has 1 fully saturated rings. The molecule has 0 atom stereocenters. The third kappa shape index (κ3) is 6.79. The number of carbonyl (C=O) groups excluding carboxylic acids is 1. The van der Waals surface area contributed by atoms with Crippen molar-refractivity contribution in [3.05, 3.63) is 65.7 Å². The average Bonchev–Trinajstić information content (AvgIpc) is 2.78. The van der Waals surface area contributed by atoms with Gasteiger partial charge in [-0.3, -0.25) is 15.0 Å². The first kappa shape index (κ1) is 22.2. The van der Waals surface area contributed by atoms with Crippen LogP contribution in [-0.2, 0) is 11.3 Å². The Bertz CT molecular complexity index is 823. The van der Waals surface area contributed by atoms with Gasteiger partial charge >= 0.3 is 0 Å². The molecule has 0 aliphatic carbocycles. The second kappa shape index (κ2) is 11.6. The van der Waals surface area contributed by atoms with Crippen LogP contribution >= 0.6 is 12.2 Å². The number of hydrogen-bond donors (Lipinski definition) is 1. The molecular formula is C23H29N3O3S. The summed E-state index contributed by atoms with van der Waals surface area (Å²) in [6.45, 7) is 7.92. The molecule has 1 aliphatic heterocycles. The van der Waals surface area contributed by atoms with Crippen LogP contribution in [0.1, 0.15) is 22.8 Å². The smallest absolute Gasteiger partial charge is 0.257 e. The summed E-state index contributed by atoms with van der Waals surface area (Å²) in [6.07, 6.45) is 0. The normalized spacial score (nSPS) is 14.4. The molecule has 1 saturated heterocycles. The van der Waals surface area contributed by atoms with E-state index in [-0.39, 0.29) is 5.91 Å². The predicted molar refractivity (Wildman–Crippen MR) is 122 cm³/mol. The molecule has 0 aromatic heterocycles. The lowest BCUT2D eigenvalue weighted by molar-refractivity contribution is 0.0967. The van der Waals surface area contributed by atoms with Gasteiger partial charge in [0.15, 0.2) is 5.11 Å². The Hall–Kier alpha value is -2.48. The van der Waals surface area contributed by atoms with E-state index < -0.39 is 0 Å². The van der Waals surface area contributed by atoms with Crippen LogP contribution < -0.4 is 10.1 Å². The quantitative estimate of drug-likeness (QED) is 0.516. The van der Waals surface area contributed by atoms with Crippen molar-refractivity contribution in [1.29, 1.82) is 0 Å². The molecule has 2 aromatic rings. The fraction of sp³-hybridized carbons (Fsp3) is 0.391. The number of rotatable bonds is 8. The van der Waals surface area contributed by atoms with Gasteiger partial charge in [-0.05, 0) is 42.9 Å². The molecule has 1 amide bonds. The fourth-order valence-electron chi connectivity index (χ4n) is 3.29. The van der Waals surface area contributed by atoms with Crippen molar-refractivity contribution in [2.75, 3.05) is 46.0 Å². The van der Waals surface area contributed by atoms with E-state index in [9.17, 15) is 4.79 Å². The van der Waals surface area contributed by atoms with Gasteiger partial charge in [-0.25, -0.2) is 0 Å². The lowest BCUT2D eigenvalue weighted by Crippen LogP contribution is -2.52. The van der Waals surface area contributed by atoms with Crippen molar-refractivity contribution in [3.63, 3.8) is 0 Å². The molecule has 1 N–H and O–H groups in total. The maximum atomic E-state index is 12.6. The molecule has 1 aliphatic rings. The molecule has 6 nitrogen and oxygen atoms in total. The number of nitrogens with one attached hydrogen (secondary N) is 1. The second-order valence-corrected chi connectivity index (χ2v) is 7.47. The maximum absolute atomic E-state index is 12.6. The van der Waals surface area contributed by atoms with Crippen molar-refractivity contribution in [1.82, 2.24) is 15.1 Å². The highest BCUT2D eigenvalue weighted by Gasteiger charge is 2.20.